The average Bonchev–Trinajstić information content (AvgIpc) is 2.44. The molecule has 1 fully saturated rings. The van der Waals surface area contributed by atoms with Crippen molar-refractivity contribution < 1.29 is 4.79 Å². The zero-order valence-corrected chi connectivity index (χ0v) is 13.7. The van der Waals surface area contributed by atoms with Crippen LogP contribution in [-0.2, 0) is 4.79 Å². The van der Waals surface area contributed by atoms with Crippen molar-refractivity contribution in [1.82, 2.24) is 4.90 Å². The van der Waals surface area contributed by atoms with Crippen LogP contribution in [0.5, 0.6) is 0 Å². The summed E-state index contributed by atoms with van der Waals surface area (Å²) in [7, 11) is 1.76. The quantitative estimate of drug-likeness (QED) is 0.777. The van der Waals surface area contributed by atoms with Crippen molar-refractivity contribution in [3.8, 4) is 6.07 Å². The topological polar surface area (TPSA) is 44.1 Å². The second-order valence-electron chi connectivity index (χ2n) is 5.96. The summed E-state index contributed by atoms with van der Waals surface area (Å²) in [5.41, 5.74) is 0.764. The van der Waals surface area contributed by atoms with Crippen LogP contribution in [0.3, 0.4) is 0 Å². The molecule has 0 atom stereocenters. The van der Waals surface area contributed by atoms with Crippen LogP contribution in [0.25, 0.3) is 0 Å². The lowest BCUT2D eigenvalue weighted by atomic mass is 9.77. The third-order valence-corrected chi connectivity index (χ3v) is 5.31. The number of hydrogen-bond acceptors (Lipinski definition) is 3. The van der Waals surface area contributed by atoms with Crippen molar-refractivity contribution in [1.29, 1.82) is 5.26 Å². The van der Waals surface area contributed by atoms with Crippen LogP contribution in [0.2, 0.25) is 0 Å². The monoisotopic (exact) mass is 302 g/mol. The molecule has 21 heavy (non-hydrogen) atoms. The predicted molar refractivity (Wildman–Crippen MR) is 86.2 cm³/mol. The number of amides is 1. The molecule has 0 heterocycles. The zero-order chi connectivity index (χ0) is 15.5. The number of benzene rings is 1. The average molecular weight is 302 g/mol. The van der Waals surface area contributed by atoms with Crippen LogP contribution in [0, 0.1) is 11.3 Å². The number of hydrogen-bond donors (Lipinski definition) is 0. The van der Waals surface area contributed by atoms with Crippen LogP contribution in [0.1, 0.15) is 44.6 Å². The van der Waals surface area contributed by atoms with Crippen LogP contribution >= 0.6 is 11.8 Å². The van der Waals surface area contributed by atoms with Gasteiger partial charge in [0.1, 0.15) is 5.54 Å². The highest BCUT2D eigenvalue weighted by Gasteiger charge is 2.43. The summed E-state index contributed by atoms with van der Waals surface area (Å²) in [5.74, 6) is 0.945. The lowest BCUT2D eigenvalue weighted by molar-refractivity contribution is -0.133. The number of nitrogens with zero attached hydrogens (tertiary/aromatic N) is 2. The fourth-order valence-corrected chi connectivity index (χ4v) is 3.28. The number of carbonyl (C=O) groups excluding carboxylic acids is 1. The van der Waals surface area contributed by atoms with Gasteiger partial charge in [0.15, 0.2) is 0 Å². The number of nitriles is 1. The van der Waals surface area contributed by atoms with Gasteiger partial charge in [-0.25, -0.2) is 0 Å². The van der Waals surface area contributed by atoms with E-state index in [2.05, 4.69) is 44.2 Å². The Balaban J connectivity index is 1.90. The first-order valence-corrected chi connectivity index (χ1v) is 8.38. The molecule has 1 aliphatic rings. The van der Waals surface area contributed by atoms with E-state index in [1.807, 2.05) is 0 Å². The Morgan fingerprint density at radius 1 is 1.38 bits per heavy atom. The van der Waals surface area contributed by atoms with Gasteiger partial charge in [0.2, 0.25) is 5.91 Å². The summed E-state index contributed by atoms with van der Waals surface area (Å²) >= 11 is 1.54. The minimum Gasteiger partial charge on any atom is -0.326 e. The zero-order valence-electron chi connectivity index (χ0n) is 12.9. The molecule has 0 aliphatic heterocycles. The van der Waals surface area contributed by atoms with Gasteiger partial charge >= 0.3 is 0 Å². The Morgan fingerprint density at radius 3 is 2.43 bits per heavy atom. The van der Waals surface area contributed by atoms with Crippen molar-refractivity contribution in [2.45, 2.75) is 49.5 Å². The van der Waals surface area contributed by atoms with Crippen LogP contribution in [0.4, 0.5) is 0 Å². The highest BCUT2D eigenvalue weighted by Crippen LogP contribution is 2.36. The molecule has 0 saturated heterocycles. The van der Waals surface area contributed by atoms with Crippen LogP contribution < -0.4 is 0 Å². The van der Waals surface area contributed by atoms with Gasteiger partial charge in [-0.05, 0) is 42.9 Å². The number of carbonyl (C=O) groups is 1. The fraction of sp³-hybridized carbons (Fsp3) is 0.529. The molecule has 0 bridgehead atoms. The van der Waals surface area contributed by atoms with E-state index < -0.39 is 5.54 Å². The summed E-state index contributed by atoms with van der Waals surface area (Å²) in [5, 5.41) is 9.27. The molecule has 3 nitrogen and oxygen atoms in total. The van der Waals surface area contributed by atoms with Gasteiger partial charge < -0.3 is 4.90 Å². The molecule has 0 radical (unpaired) electrons. The van der Waals surface area contributed by atoms with Crippen molar-refractivity contribution in [3.63, 3.8) is 0 Å². The first-order valence-electron chi connectivity index (χ1n) is 7.39. The molecule has 0 N–H and O–H groups in total. The molecule has 1 aromatic carbocycles. The van der Waals surface area contributed by atoms with Crippen LogP contribution in [-0.4, -0.2) is 29.1 Å². The van der Waals surface area contributed by atoms with Gasteiger partial charge in [-0.15, -0.1) is 11.8 Å². The van der Waals surface area contributed by atoms with Crippen molar-refractivity contribution >= 4 is 17.7 Å². The highest BCUT2D eigenvalue weighted by atomic mass is 32.2. The minimum absolute atomic E-state index is 0.0363. The predicted octanol–water partition coefficient (Wildman–Crippen LogP) is 3.81. The number of thioether (sulfide) groups is 1. The minimum atomic E-state index is -0.543. The Hall–Kier alpha value is -1.47. The molecule has 4 heteroatoms. The molecule has 0 unspecified atom stereocenters. The molecule has 1 saturated carbocycles. The van der Waals surface area contributed by atoms with Crippen LogP contribution in [0.15, 0.2) is 29.2 Å². The normalized spacial score (nSPS) is 16.1. The van der Waals surface area contributed by atoms with Gasteiger partial charge in [-0.1, -0.05) is 26.0 Å². The second-order valence-corrected chi connectivity index (χ2v) is 7.01. The molecule has 1 aliphatic carbocycles. The van der Waals surface area contributed by atoms with E-state index >= 15 is 0 Å². The van der Waals surface area contributed by atoms with E-state index in [0.717, 1.165) is 24.2 Å². The third-order valence-electron chi connectivity index (χ3n) is 4.31. The molecular weight excluding hydrogens is 280 g/mol. The first-order chi connectivity index (χ1) is 9.98. The summed E-state index contributed by atoms with van der Waals surface area (Å²) < 4.78 is 0. The van der Waals surface area contributed by atoms with Crippen molar-refractivity contribution in [3.05, 3.63) is 29.8 Å². The molecule has 1 aromatic rings. The molecule has 1 amide bonds. The smallest absolute Gasteiger partial charge is 0.233 e. The summed E-state index contributed by atoms with van der Waals surface area (Å²) in [6.45, 7) is 4.33. The molecule has 0 aromatic heterocycles. The Labute approximate surface area is 131 Å². The van der Waals surface area contributed by atoms with E-state index in [-0.39, 0.29) is 5.91 Å². The Bertz CT molecular complexity index is 541. The van der Waals surface area contributed by atoms with E-state index in [4.69, 9.17) is 0 Å². The Kier molecular flexibility index (Phi) is 4.95. The van der Waals surface area contributed by atoms with Gasteiger partial charge in [-0.3, -0.25) is 4.79 Å². The fourth-order valence-electron chi connectivity index (χ4n) is 2.46. The van der Waals surface area contributed by atoms with Gasteiger partial charge in [0.25, 0.3) is 0 Å². The van der Waals surface area contributed by atoms with Gasteiger partial charge in [0.05, 0.1) is 11.8 Å². The lowest BCUT2D eigenvalue weighted by Crippen LogP contribution is -2.53. The maximum Gasteiger partial charge on any atom is 0.233 e. The number of rotatable bonds is 5. The van der Waals surface area contributed by atoms with Crippen molar-refractivity contribution in [2.75, 3.05) is 12.8 Å². The molecule has 0 spiro atoms. The van der Waals surface area contributed by atoms with Gasteiger partial charge in [-0.2, -0.15) is 5.26 Å². The third kappa shape index (κ3) is 3.41. The van der Waals surface area contributed by atoms with E-state index in [1.165, 1.54) is 17.3 Å². The Morgan fingerprint density at radius 2 is 2.00 bits per heavy atom. The first kappa shape index (κ1) is 15.9. The van der Waals surface area contributed by atoms with E-state index in [9.17, 15) is 10.1 Å². The van der Waals surface area contributed by atoms with Gasteiger partial charge in [0, 0.05) is 11.9 Å². The maximum atomic E-state index is 12.2. The van der Waals surface area contributed by atoms with Crippen molar-refractivity contribution in [2.24, 2.45) is 0 Å². The second kappa shape index (κ2) is 6.53. The lowest BCUT2D eigenvalue weighted by Gasteiger charge is -2.42. The summed E-state index contributed by atoms with van der Waals surface area (Å²) in [6, 6.07) is 10.7. The molecule has 112 valence electrons. The summed E-state index contributed by atoms with van der Waals surface area (Å²) in [6.07, 6.45) is 2.65. The standard InChI is InChI=1S/C17H22N2OS/c1-13(2)14-5-7-15(8-6-14)21-11-16(20)19(3)17(12-18)9-4-10-17/h5-8,13H,4,9-11H2,1-3H3. The van der Waals surface area contributed by atoms with E-state index in [0.29, 0.717) is 11.7 Å². The highest BCUT2D eigenvalue weighted by molar-refractivity contribution is 8.00. The SMILES string of the molecule is CC(C)c1ccc(SCC(=O)N(C)C2(C#N)CCC2)cc1. The summed E-state index contributed by atoms with van der Waals surface area (Å²) in [4.78, 5) is 15.0. The van der Waals surface area contributed by atoms with E-state index in [1.54, 1.807) is 11.9 Å². The maximum absolute atomic E-state index is 12.2. The largest absolute Gasteiger partial charge is 0.326 e. The molecule has 2 rings (SSSR count). The molecular formula is C17H22N2OS.